The number of aryl methyl sites for hydroxylation is 3. The Labute approximate surface area is 180 Å². The van der Waals surface area contributed by atoms with E-state index in [0.29, 0.717) is 12.4 Å². The molecule has 0 aliphatic heterocycles. The number of oxazole rings is 1. The van der Waals surface area contributed by atoms with Gasteiger partial charge in [-0.3, -0.25) is 0 Å². The molecule has 1 aromatic carbocycles. The molecule has 0 aliphatic carbocycles. The summed E-state index contributed by atoms with van der Waals surface area (Å²) in [4.78, 5) is 8.99. The number of hydrogen-bond acceptors (Lipinski definition) is 3. The minimum absolute atomic E-state index is 0. The molecule has 0 unspecified atom stereocenters. The molecule has 0 aliphatic rings. The topological polar surface area (TPSA) is 62.5 Å². The Morgan fingerprint density at radius 1 is 1.11 bits per heavy atom. The number of nitrogens with one attached hydrogen (secondary N) is 2. The van der Waals surface area contributed by atoms with Gasteiger partial charge in [0.1, 0.15) is 12.3 Å². The summed E-state index contributed by atoms with van der Waals surface area (Å²) in [6.45, 7) is 14.6. The van der Waals surface area contributed by atoms with Crippen LogP contribution >= 0.6 is 24.0 Å². The minimum atomic E-state index is -0.00142. The smallest absolute Gasteiger partial charge is 0.216 e. The molecule has 2 N–H and O–H groups in total. The summed E-state index contributed by atoms with van der Waals surface area (Å²) in [5, 5.41) is 6.74. The van der Waals surface area contributed by atoms with Crippen LogP contribution < -0.4 is 10.6 Å². The van der Waals surface area contributed by atoms with Crippen LogP contribution in [-0.4, -0.2) is 24.0 Å². The van der Waals surface area contributed by atoms with Crippen LogP contribution in [0.5, 0.6) is 0 Å². The van der Waals surface area contributed by atoms with E-state index >= 15 is 0 Å². The quantitative estimate of drug-likeness (QED) is 0.345. The van der Waals surface area contributed by atoms with Crippen LogP contribution in [-0.2, 0) is 18.4 Å². The van der Waals surface area contributed by atoms with Crippen LogP contribution in [0.3, 0.4) is 0 Å². The monoisotopic (exact) mass is 484 g/mol. The van der Waals surface area contributed by atoms with Gasteiger partial charge in [0.05, 0.1) is 5.69 Å². The predicted molar refractivity (Wildman–Crippen MR) is 123 cm³/mol. The summed E-state index contributed by atoms with van der Waals surface area (Å²) in [6.07, 6.45) is 1.07. The molecule has 0 amide bonds. The molecule has 0 spiro atoms. The van der Waals surface area contributed by atoms with Gasteiger partial charge in [0.2, 0.25) is 5.89 Å². The van der Waals surface area contributed by atoms with Gasteiger partial charge < -0.3 is 15.1 Å². The van der Waals surface area contributed by atoms with Crippen LogP contribution in [0.1, 0.15) is 56.2 Å². The van der Waals surface area contributed by atoms with E-state index in [9.17, 15) is 0 Å². The molecule has 2 aromatic rings. The fourth-order valence-electron chi connectivity index (χ4n) is 2.69. The van der Waals surface area contributed by atoms with Crippen molar-refractivity contribution in [1.82, 2.24) is 15.6 Å². The summed E-state index contributed by atoms with van der Waals surface area (Å²) in [6, 6.07) is 8.87. The Hall–Kier alpha value is -1.57. The first kappa shape index (κ1) is 23.5. The molecule has 0 bridgehead atoms. The second kappa shape index (κ2) is 10.7. The summed E-state index contributed by atoms with van der Waals surface area (Å²) in [5.74, 6) is 2.27. The fourth-order valence-corrected chi connectivity index (χ4v) is 2.69. The lowest BCUT2D eigenvalue weighted by atomic mass is 9.84. The minimum Gasteiger partial charge on any atom is -0.444 e. The molecule has 0 fully saturated rings. The SMILES string of the molecule is CCNC(=NCc1nc(C)c(C)o1)NCC(C)(C)c1ccc(CC)cc1.I. The molecule has 2 rings (SSSR count). The van der Waals surface area contributed by atoms with Gasteiger partial charge in [0, 0.05) is 18.5 Å². The van der Waals surface area contributed by atoms with Gasteiger partial charge in [-0.05, 0) is 38.3 Å². The third kappa shape index (κ3) is 6.83. The zero-order valence-electron chi connectivity index (χ0n) is 17.3. The first-order chi connectivity index (χ1) is 12.4. The molecule has 27 heavy (non-hydrogen) atoms. The van der Waals surface area contributed by atoms with Crippen LogP contribution in [0.4, 0.5) is 0 Å². The highest BCUT2D eigenvalue weighted by Crippen LogP contribution is 2.22. The third-order valence-corrected chi connectivity index (χ3v) is 4.63. The fraction of sp³-hybridized carbons (Fsp3) is 0.524. The summed E-state index contributed by atoms with van der Waals surface area (Å²) in [5.41, 5.74) is 3.60. The molecular weight excluding hydrogens is 451 g/mol. The number of benzene rings is 1. The number of aromatic nitrogens is 1. The van der Waals surface area contributed by atoms with Crippen LogP contribution in [0.2, 0.25) is 0 Å². The van der Waals surface area contributed by atoms with Crippen LogP contribution in [0.25, 0.3) is 0 Å². The molecule has 0 atom stereocenters. The summed E-state index contributed by atoms with van der Waals surface area (Å²) >= 11 is 0. The van der Waals surface area contributed by atoms with E-state index in [0.717, 1.165) is 36.9 Å². The molecule has 1 heterocycles. The van der Waals surface area contributed by atoms with Gasteiger partial charge in [0.25, 0.3) is 0 Å². The van der Waals surface area contributed by atoms with Gasteiger partial charge >= 0.3 is 0 Å². The molecule has 0 saturated carbocycles. The van der Waals surface area contributed by atoms with Crippen molar-refractivity contribution in [3.8, 4) is 0 Å². The van der Waals surface area contributed by atoms with Gasteiger partial charge in [-0.1, -0.05) is 45.0 Å². The van der Waals surface area contributed by atoms with E-state index in [1.54, 1.807) is 0 Å². The highest BCUT2D eigenvalue weighted by Gasteiger charge is 2.21. The van der Waals surface area contributed by atoms with Gasteiger partial charge in [-0.25, -0.2) is 9.98 Å². The van der Waals surface area contributed by atoms with Gasteiger partial charge in [-0.2, -0.15) is 0 Å². The second-order valence-electron chi connectivity index (χ2n) is 7.23. The first-order valence-corrected chi connectivity index (χ1v) is 9.40. The van der Waals surface area contributed by atoms with Crippen molar-refractivity contribution in [3.63, 3.8) is 0 Å². The molecule has 1 aromatic heterocycles. The van der Waals surface area contributed by atoms with E-state index in [4.69, 9.17) is 4.42 Å². The molecule has 5 nitrogen and oxygen atoms in total. The maximum absolute atomic E-state index is 5.61. The average molecular weight is 484 g/mol. The standard InChI is InChI=1S/C21H32N4O.HI/c1-7-17-9-11-18(12-10-17)21(5,6)14-24-20(22-8-2)23-13-19-25-15(3)16(4)26-19;/h9-12H,7-8,13-14H2,1-6H3,(H2,22,23,24);1H. The molecule has 6 heteroatoms. The average Bonchev–Trinajstić information content (AvgIpc) is 2.95. The zero-order valence-corrected chi connectivity index (χ0v) is 19.7. The van der Waals surface area contributed by atoms with E-state index in [1.165, 1.54) is 11.1 Å². The number of rotatable bonds is 7. The zero-order chi connectivity index (χ0) is 19.2. The number of aliphatic imine (C=N–C) groups is 1. The Morgan fingerprint density at radius 2 is 1.78 bits per heavy atom. The van der Waals surface area contributed by atoms with Crippen molar-refractivity contribution in [3.05, 3.63) is 52.7 Å². The first-order valence-electron chi connectivity index (χ1n) is 9.40. The van der Waals surface area contributed by atoms with E-state index in [-0.39, 0.29) is 29.4 Å². The van der Waals surface area contributed by atoms with Crippen LogP contribution in [0, 0.1) is 13.8 Å². The van der Waals surface area contributed by atoms with Crippen molar-refractivity contribution in [1.29, 1.82) is 0 Å². The van der Waals surface area contributed by atoms with Crippen molar-refractivity contribution >= 4 is 29.9 Å². The van der Waals surface area contributed by atoms with E-state index in [1.807, 2.05) is 13.8 Å². The van der Waals surface area contributed by atoms with E-state index < -0.39 is 0 Å². The second-order valence-corrected chi connectivity index (χ2v) is 7.23. The highest BCUT2D eigenvalue weighted by molar-refractivity contribution is 14.0. The lowest BCUT2D eigenvalue weighted by molar-refractivity contribution is 0.471. The van der Waals surface area contributed by atoms with Crippen molar-refractivity contribution in [2.24, 2.45) is 4.99 Å². The maximum Gasteiger partial charge on any atom is 0.216 e. The summed E-state index contributed by atoms with van der Waals surface area (Å²) < 4.78 is 5.61. The predicted octanol–water partition coefficient (Wildman–Crippen LogP) is 4.50. The summed E-state index contributed by atoms with van der Waals surface area (Å²) in [7, 11) is 0. The maximum atomic E-state index is 5.61. The van der Waals surface area contributed by atoms with Gasteiger partial charge in [0.15, 0.2) is 5.96 Å². The Balaban J connectivity index is 0.00000364. The Kier molecular flexibility index (Phi) is 9.29. The third-order valence-electron chi connectivity index (χ3n) is 4.63. The van der Waals surface area contributed by atoms with E-state index in [2.05, 4.69) is 72.6 Å². The largest absolute Gasteiger partial charge is 0.444 e. The lowest BCUT2D eigenvalue weighted by Crippen LogP contribution is -2.43. The molecular formula is C21H33IN4O. The number of guanidine groups is 1. The van der Waals surface area contributed by atoms with Crippen molar-refractivity contribution in [2.45, 2.75) is 59.9 Å². The van der Waals surface area contributed by atoms with Crippen LogP contribution in [0.15, 0.2) is 33.7 Å². The van der Waals surface area contributed by atoms with Crippen molar-refractivity contribution in [2.75, 3.05) is 13.1 Å². The number of nitrogens with zero attached hydrogens (tertiary/aromatic N) is 2. The molecule has 0 radical (unpaired) electrons. The Morgan fingerprint density at radius 3 is 2.30 bits per heavy atom. The lowest BCUT2D eigenvalue weighted by Gasteiger charge is -2.27. The van der Waals surface area contributed by atoms with Gasteiger partial charge in [-0.15, -0.1) is 24.0 Å². The molecule has 0 saturated heterocycles. The Bertz CT molecular complexity index is 716. The van der Waals surface area contributed by atoms with Crippen molar-refractivity contribution < 1.29 is 4.42 Å². The highest BCUT2D eigenvalue weighted by atomic mass is 127. The number of hydrogen-bond donors (Lipinski definition) is 2. The number of halogens is 1. The molecule has 150 valence electrons. The normalized spacial score (nSPS) is 11.9.